The molecule has 1 aromatic carbocycles. The Bertz CT molecular complexity index is 1430. The fourth-order valence-electron chi connectivity index (χ4n) is 5.14. The first-order valence-corrected chi connectivity index (χ1v) is 12.3. The summed E-state index contributed by atoms with van der Waals surface area (Å²) in [7, 11) is 3.84. The van der Waals surface area contributed by atoms with E-state index >= 15 is 0 Å². The van der Waals surface area contributed by atoms with Gasteiger partial charge in [0, 0.05) is 63.9 Å². The van der Waals surface area contributed by atoms with Gasteiger partial charge in [-0.3, -0.25) is 4.98 Å². The van der Waals surface area contributed by atoms with E-state index in [1.54, 1.807) is 12.4 Å². The van der Waals surface area contributed by atoms with E-state index in [1.165, 1.54) is 11.1 Å². The van der Waals surface area contributed by atoms with Gasteiger partial charge in [0.1, 0.15) is 0 Å². The fraction of sp³-hybridized carbons (Fsp3) is 0.367. The van der Waals surface area contributed by atoms with Crippen molar-refractivity contribution in [1.29, 1.82) is 0 Å². The third-order valence-electron chi connectivity index (χ3n) is 8.68. The van der Waals surface area contributed by atoms with E-state index in [1.807, 2.05) is 49.5 Å². The molecule has 7 heteroatoms. The molecule has 0 aliphatic heterocycles. The van der Waals surface area contributed by atoms with Crippen LogP contribution >= 0.6 is 0 Å². The Morgan fingerprint density at radius 1 is 0.757 bits per heavy atom. The Kier molecular flexibility index (Phi) is 6.85. The second kappa shape index (κ2) is 9.38. The van der Waals surface area contributed by atoms with Crippen LogP contribution in [0.25, 0.3) is 34.0 Å². The van der Waals surface area contributed by atoms with E-state index < -0.39 is 0 Å². The van der Waals surface area contributed by atoms with Crippen LogP contribution in [0.1, 0.15) is 52.7 Å². The van der Waals surface area contributed by atoms with Crippen molar-refractivity contribution in [1.82, 2.24) is 24.9 Å². The molecule has 0 spiro atoms. The van der Waals surface area contributed by atoms with Gasteiger partial charge in [-0.2, -0.15) is 9.97 Å². The molecule has 5 rings (SSSR count). The summed E-state index contributed by atoms with van der Waals surface area (Å²) >= 11 is 0. The van der Waals surface area contributed by atoms with Crippen LogP contribution in [-0.2, 0) is 30.9 Å². The molecule has 3 heterocycles. The minimum Gasteiger partial charge on any atom is -0.347 e. The number of aromatic nitrogens is 5. The second-order valence-electron chi connectivity index (χ2n) is 11.4. The van der Waals surface area contributed by atoms with Crippen LogP contribution in [0.3, 0.4) is 0 Å². The molecule has 0 bridgehead atoms. The van der Waals surface area contributed by atoms with Crippen molar-refractivity contribution in [3.63, 3.8) is 0 Å². The van der Waals surface area contributed by atoms with E-state index in [0.717, 1.165) is 22.4 Å². The summed E-state index contributed by atoms with van der Waals surface area (Å²) in [6, 6.07) is 15.8. The molecule has 37 heavy (non-hydrogen) atoms. The molecule has 0 saturated carbocycles. The number of hydrogen-bond acceptors (Lipinski definition) is 6. The van der Waals surface area contributed by atoms with E-state index in [2.05, 4.69) is 74.7 Å². The van der Waals surface area contributed by atoms with Crippen molar-refractivity contribution in [2.75, 3.05) is 19.0 Å². The maximum atomic E-state index is 4.79. The number of pyridine rings is 2. The molecular formula is C30H33IrN6-. The molecule has 1 radical (unpaired) electrons. The van der Waals surface area contributed by atoms with Crippen LogP contribution in [0.2, 0.25) is 0 Å². The maximum absolute atomic E-state index is 4.79. The van der Waals surface area contributed by atoms with Crippen LogP contribution in [-0.4, -0.2) is 39.0 Å². The van der Waals surface area contributed by atoms with Gasteiger partial charge in [0.15, 0.2) is 11.6 Å². The molecule has 0 saturated heterocycles. The quantitative estimate of drug-likeness (QED) is 0.244. The summed E-state index contributed by atoms with van der Waals surface area (Å²) in [6.07, 6.45) is 5.31. The van der Waals surface area contributed by atoms with Gasteiger partial charge in [-0.05, 0) is 34.1 Å². The zero-order valence-electron chi connectivity index (χ0n) is 22.7. The van der Waals surface area contributed by atoms with Crippen molar-refractivity contribution in [2.45, 2.75) is 52.4 Å². The smallest absolute Gasteiger partial charge is 0.228 e. The molecule has 193 valence electrons. The van der Waals surface area contributed by atoms with Gasteiger partial charge in [0.05, 0.1) is 0 Å². The summed E-state index contributed by atoms with van der Waals surface area (Å²) in [5, 5.41) is 0. The van der Waals surface area contributed by atoms with Crippen LogP contribution in [0, 0.1) is 11.5 Å². The van der Waals surface area contributed by atoms with Gasteiger partial charge in [0.2, 0.25) is 5.95 Å². The van der Waals surface area contributed by atoms with Gasteiger partial charge in [-0.25, -0.2) is 4.98 Å². The van der Waals surface area contributed by atoms with Crippen molar-refractivity contribution >= 4 is 5.95 Å². The van der Waals surface area contributed by atoms with Crippen LogP contribution < -0.4 is 4.90 Å². The number of nitrogens with zero attached hydrogens (tertiary/aromatic N) is 6. The zero-order chi connectivity index (χ0) is 25.9. The molecule has 0 unspecified atom stereocenters. The molecule has 4 aromatic rings. The van der Waals surface area contributed by atoms with Crippen LogP contribution in [0.5, 0.6) is 0 Å². The number of fused-ring (bicyclic) bond motifs is 1. The average molecular weight is 670 g/mol. The van der Waals surface area contributed by atoms with E-state index in [0.29, 0.717) is 17.6 Å². The largest absolute Gasteiger partial charge is 0.347 e. The molecule has 3 aromatic heterocycles. The molecule has 0 atom stereocenters. The summed E-state index contributed by atoms with van der Waals surface area (Å²) in [6.45, 7) is 14.1. The van der Waals surface area contributed by atoms with Crippen molar-refractivity contribution in [2.24, 2.45) is 5.41 Å². The Morgan fingerprint density at radius 3 is 1.97 bits per heavy atom. The first kappa shape index (κ1) is 27.0. The first-order valence-electron chi connectivity index (χ1n) is 12.3. The predicted molar refractivity (Wildman–Crippen MR) is 145 cm³/mol. The summed E-state index contributed by atoms with van der Waals surface area (Å²) in [5.74, 6) is 1.78. The topological polar surface area (TPSA) is 67.7 Å². The molecule has 6 nitrogen and oxygen atoms in total. The molecule has 0 amide bonds. The third kappa shape index (κ3) is 4.28. The molecule has 0 N–H and O–H groups in total. The van der Waals surface area contributed by atoms with Crippen LogP contribution in [0.15, 0.2) is 55.0 Å². The number of benzene rings is 1. The molecule has 0 fully saturated rings. The van der Waals surface area contributed by atoms with Gasteiger partial charge in [-0.15, -0.1) is 34.9 Å². The Morgan fingerprint density at radius 2 is 1.38 bits per heavy atom. The third-order valence-corrected chi connectivity index (χ3v) is 8.68. The zero-order valence-corrected chi connectivity index (χ0v) is 25.1. The monoisotopic (exact) mass is 670 g/mol. The predicted octanol–water partition coefficient (Wildman–Crippen LogP) is 6.12. The minimum atomic E-state index is 0. The van der Waals surface area contributed by atoms with E-state index in [-0.39, 0.29) is 36.4 Å². The van der Waals surface area contributed by atoms with Gasteiger partial charge in [0.25, 0.3) is 0 Å². The van der Waals surface area contributed by atoms with Crippen LogP contribution in [0.4, 0.5) is 5.95 Å². The Balaban J connectivity index is 0.00000320. The number of hydrogen-bond donors (Lipinski definition) is 0. The Hall–Kier alpha value is -3.02. The maximum Gasteiger partial charge on any atom is 0.228 e. The van der Waals surface area contributed by atoms with Gasteiger partial charge >= 0.3 is 0 Å². The molecule has 1 aliphatic carbocycles. The number of anilines is 1. The summed E-state index contributed by atoms with van der Waals surface area (Å²) < 4.78 is 0. The van der Waals surface area contributed by atoms with Crippen molar-refractivity contribution in [3.8, 4) is 34.0 Å². The van der Waals surface area contributed by atoms with Crippen molar-refractivity contribution in [3.05, 3.63) is 72.2 Å². The molecular weight excluding hydrogens is 637 g/mol. The van der Waals surface area contributed by atoms with Gasteiger partial charge < -0.3 is 9.88 Å². The Labute approximate surface area is 233 Å². The molecule has 1 aliphatic rings. The summed E-state index contributed by atoms with van der Waals surface area (Å²) in [5.41, 5.74) is 6.59. The standard InChI is InChI=1S/C30H33N6.Ir/c1-28(2)22-11-9-20(17-23(22)29(3,4)30(28,5)6)24-12-10-21(18-32-24)26-33-25(19-13-15-31-16-14-19)34-27(35-26)36(7)8;/h10-18H,1-8H3;/q-1;. The first-order chi connectivity index (χ1) is 16.9. The summed E-state index contributed by atoms with van der Waals surface area (Å²) in [4.78, 5) is 24.8. The van der Waals surface area contributed by atoms with E-state index in [9.17, 15) is 0 Å². The fourth-order valence-corrected chi connectivity index (χ4v) is 5.14. The van der Waals surface area contributed by atoms with E-state index in [4.69, 9.17) is 9.97 Å². The average Bonchev–Trinajstić information content (AvgIpc) is 2.98. The van der Waals surface area contributed by atoms with Crippen molar-refractivity contribution < 1.29 is 20.1 Å². The van der Waals surface area contributed by atoms with Gasteiger partial charge in [-0.1, -0.05) is 53.7 Å². The number of rotatable bonds is 4. The minimum absolute atomic E-state index is 0. The normalized spacial score (nSPS) is 16.5. The second-order valence-corrected chi connectivity index (χ2v) is 11.4. The SMILES string of the molecule is CN(C)c1nc(-c2ccncc2)nc(-c2ccc(-c3[c-]cc4c(c3)C(C)(C)C(C)(C)C4(C)C)nc2)n1.[Ir].